The molecule has 3 aliphatic rings. The maximum atomic E-state index is 13.7. The first-order valence-corrected chi connectivity index (χ1v) is 11.5. The molecule has 2 aliphatic heterocycles. The maximum absolute atomic E-state index is 13.7. The van der Waals surface area contributed by atoms with Gasteiger partial charge in [0, 0.05) is 23.5 Å². The van der Waals surface area contributed by atoms with Crippen molar-refractivity contribution in [3.8, 4) is 5.75 Å². The van der Waals surface area contributed by atoms with Gasteiger partial charge in [-0.2, -0.15) is 0 Å². The number of aromatic amines is 1. The van der Waals surface area contributed by atoms with Gasteiger partial charge in [0.05, 0.1) is 12.8 Å². The van der Waals surface area contributed by atoms with Gasteiger partial charge in [-0.25, -0.2) is 9.69 Å². The summed E-state index contributed by atoms with van der Waals surface area (Å²) in [4.78, 5) is 46.2. The molecule has 8 nitrogen and oxygen atoms in total. The van der Waals surface area contributed by atoms with E-state index in [1.807, 2.05) is 18.2 Å². The highest BCUT2D eigenvalue weighted by Crippen LogP contribution is 2.45. The smallest absolute Gasteiger partial charge is 0.328 e. The van der Waals surface area contributed by atoms with Gasteiger partial charge in [0.15, 0.2) is 5.54 Å². The van der Waals surface area contributed by atoms with E-state index in [2.05, 4.69) is 10.3 Å². The van der Waals surface area contributed by atoms with Crippen LogP contribution < -0.4 is 10.1 Å². The summed E-state index contributed by atoms with van der Waals surface area (Å²) in [5, 5.41) is 4.06. The molecule has 1 aromatic carbocycles. The molecule has 2 fully saturated rings. The minimum atomic E-state index is -1.16. The number of aromatic nitrogens is 1. The second kappa shape index (κ2) is 7.53. The summed E-state index contributed by atoms with van der Waals surface area (Å²) in [6.45, 7) is 3.85. The third-order valence-electron chi connectivity index (χ3n) is 7.52. The first kappa shape index (κ1) is 20.8. The van der Waals surface area contributed by atoms with Crippen molar-refractivity contribution in [3.05, 3.63) is 29.5 Å². The Morgan fingerprint density at radius 2 is 2.00 bits per heavy atom. The van der Waals surface area contributed by atoms with Gasteiger partial charge in [0.2, 0.25) is 5.91 Å². The van der Waals surface area contributed by atoms with Crippen molar-refractivity contribution in [3.63, 3.8) is 0 Å². The maximum Gasteiger partial charge on any atom is 0.328 e. The van der Waals surface area contributed by atoms with E-state index in [0.29, 0.717) is 13.0 Å². The summed E-state index contributed by atoms with van der Waals surface area (Å²) in [5.74, 6) is 0.132. The zero-order valence-corrected chi connectivity index (χ0v) is 18.9. The number of fused-ring (bicyclic) bond motifs is 5. The fraction of sp³-hybridized carbons (Fsp3) is 0.542. The van der Waals surface area contributed by atoms with Crippen LogP contribution in [0.3, 0.4) is 0 Å². The zero-order chi connectivity index (χ0) is 22.6. The van der Waals surface area contributed by atoms with E-state index in [9.17, 15) is 14.4 Å². The van der Waals surface area contributed by atoms with E-state index in [0.717, 1.165) is 58.5 Å². The SMILES string of the molecule is COc1ccc2[nH]c3c(c2c1)CCN1C(=O)N([C@@H](C)C(=O)NC2CCCCC2)C(=O)[C@]31C. The number of nitrogens with zero attached hydrogens (tertiary/aromatic N) is 2. The van der Waals surface area contributed by atoms with Gasteiger partial charge in [0.1, 0.15) is 11.8 Å². The molecule has 2 aromatic rings. The zero-order valence-electron chi connectivity index (χ0n) is 18.9. The Hall–Kier alpha value is -3.03. The first-order chi connectivity index (χ1) is 15.4. The molecule has 1 aliphatic carbocycles. The Morgan fingerprint density at radius 3 is 2.72 bits per heavy atom. The van der Waals surface area contributed by atoms with Gasteiger partial charge < -0.3 is 19.9 Å². The van der Waals surface area contributed by atoms with Crippen molar-refractivity contribution < 1.29 is 19.1 Å². The van der Waals surface area contributed by atoms with E-state index in [1.165, 1.54) is 6.42 Å². The molecule has 2 atom stereocenters. The molecular formula is C24H30N4O4. The molecule has 1 saturated carbocycles. The molecule has 170 valence electrons. The monoisotopic (exact) mass is 438 g/mol. The number of hydrogen-bond donors (Lipinski definition) is 2. The Balaban J connectivity index is 1.47. The largest absolute Gasteiger partial charge is 0.497 e. The van der Waals surface area contributed by atoms with Crippen LogP contribution in [0.1, 0.15) is 57.2 Å². The van der Waals surface area contributed by atoms with Gasteiger partial charge in [-0.3, -0.25) is 9.59 Å². The number of methoxy groups -OCH3 is 1. The van der Waals surface area contributed by atoms with Crippen LogP contribution in [0.4, 0.5) is 4.79 Å². The summed E-state index contributed by atoms with van der Waals surface area (Å²) < 4.78 is 5.37. The summed E-state index contributed by atoms with van der Waals surface area (Å²) in [6, 6.07) is 4.64. The highest BCUT2D eigenvalue weighted by molar-refractivity contribution is 6.11. The molecule has 5 rings (SSSR count). The number of urea groups is 1. The number of rotatable bonds is 4. The molecule has 2 N–H and O–H groups in total. The summed E-state index contributed by atoms with van der Waals surface area (Å²) >= 11 is 0. The molecule has 8 heteroatoms. The molecule has 0 unspecified atom stereocenters. The first-order valence-electron chi connectivity index (χ1n) is 11.5. The topological polar surface area (TPSA) is 94.7 Å². The number of amides is 4. The number of benzene rings is 1. The van der Waals surface area contributed by atoms with Gasteiger partial charge in [-0.1, -0.05) is 19.3 Å². The van der Waals surface area contributed by atoms with Gasteiger partial charge in [-0.05, 0) is 56.9 Å². The standard InChI is InChI=1S/C24H30N4O4/c1-14(21(29)25-15-7-5-4-6-8-15)28-22(30)24(2)20-17(11-12-27(24)23(28)31)18-13-16(32-3)9-10-19(18)26-20/h9-10,13-15,26H,4-8,11-12H2,1-3H3,(H,25,29)/t14-,24-/m0/s1. The van der Waals surface area contributed by atoms with Crippen molar-refractivity contribution in [1.82, 2.24) is 20.1 Å². The molecule has 3 heterocycles. The Labute approximate surface area is 187 Å². The summed E-state index contributed by atoms with van der Waals surface area (Å²) in [5.41, 5.74) is 1.50. The van der Waals surface area contributed by atoms with Gasteiger partial charge in [0.25, 0.3) is 5.91 Å². The lowest BCUT2D eigenvalue weighted by Gasteiger charge is -2.36. The van der Waals surface area contributed by atoms with Crippen LogP contribution >= 0.6 is 0 Å². The van der Waals surface area contributed by atoms with Crippen molar-refractivity contribution in [1.29, 1.82) is 0 Å². The summed E-state index contributed by atoms with van der Waals surface area (Å²) in [7, 11) is 1.63. The second-order valence-electron chi connectivity index (χ2n) is 9.34. The second-order valence-corrected chi connectivity index (χ2v) is 9.34. The van der Waals surface area contributed by atoms with E-state index >= 15 is 0 Å². The lowest BCUT2D eigenvalue weighted by atomic mass is 9.87. The average Bonchev–Trinajstić information content (AvgIpc) is 3.27. The van der Waals surface area contributed by atoms with E-state index in [4.69, 9.17) is 4.74 Å². The molecule has 0 radical (unpaired) electrons. The molecule has 32 heavy (non-hydrogen) atoms. The van der Waals surface area contributed by atoms with Crippen molar-refractivity contribution in [2.75, 3.05) is 13.7 Å². The Bertz CT molecular complexity index is 1100. The minimum absolute atomic E-state index is 0.125. The number of ether oxygens (including phenoxy) is 1. The van der Waals surface area contributed by atoms with E-state index < -0.39 is 17.6 Å². The number of carbonyl (C=O) groups is 3. The number of hydrogen-bond acceptors (Lipinski definition) is 4. The molecule has 0 spiro atoms. The Kier molecular flexibility index (Phi) is 4.91. The molecule has 0 bridgehead atoms. The molecule has 1 aromatic heterocycles. The van der Waals surface area contributed by atoms with E-state index in [-0.39, 0.29) is 17.9 Å². The number of nitrogens with one attached hydrogen (secondary N) is 2. The number of carbonyl (C=O) groups excluding carboxylic acids is 3. The van der Waals surface area contributed by atoms with Crippen molar-refractivity contribution >= 4 is 28.7 Å². The normalized spacial score (nSPS) is 24.5. The molecule has 4 amide bonds. The van der Waals surface area contributed by atoms with Crippen LogP contribution in [0.2, 0.25) is 0 Å². The predicted octanol–water partition coefficient (Wildman–Crippen LogP) is 3.05. The fourth-order valence-electron chi connectivity index (χ4n) is 5.60. The Morgan fingerprint density at radius 1 is 1.25 bits per heavy atom. The number of imide groups is 1. The molecule has 1 saturated heterocycles. The van der Waals surface area contributed by atoms with Gasteiger partial charge in [-0.15, -0.1) is 0 Å². The number of H-pyrrole nitrogens is 1. The lowest BCUT2D eigenvalue weighted by molar-refractivity contribution is -0.139. The quantitative estimate of drug-likeness (QED) is 0.718. The lowest BCUT2D eigenvalue weighted by Crippen LogP contribution is -2.51. The predicted molar refractivity (Wildman–Crippen MR) is 119 cm³/mol. The highest BCUT2D eigenvalue weighted by Gasteiger charge is 2.60. The third-order valence-corrected chi connectivity index (χ3v) is 7.52. The van der Waals surface area contributed by atoms with Crippen LogP contribution in [0, 0.1) is 0 Å². The minimum Gasteiger partial charge on any atom is -0.497 e. The van der Waals surface area contributed by atoms with Crippen LogP contribution in [-0.2, 0) is 21.5 Å². The summed E-state index contributed by atoms with van der Waals surface area (Å²) in [6.07, 6.45) is 5.92. The van der Waals surface area contributed by atoms with Crippen LogP contribution in [0.5, 0.6) is 5.75 Å². The van der Waals surface area contributed by atoms with Crippen LogP contribution in [0.25, 0.3) is 10.9 Å². The average molecular weight is 439 g/mol. The van der Waals surface area contributed by atoms with Gasteiger partial charge >= 0.3 is 6.03 Å². The van der Waals surface area contributed by atoms with E-state index in [1.54, 1.807) is 25.9 Å². The third kappa shape index (κ3) is 2.92. The molecular weight excluding hydrogens is 408 g/mol. The van der Waals surface area contributed by atoms with Crippen molar-refractivity contribution in [2.24, 2.45) is 0 Å². The van der Waals surface area contributed by atoms with Crippen LogP contribution in [-0.4, -0.2) is 58.4 Å². The van der Waals surface area contributed by atoms with Crippen molar-refractivity contribution in [2.45, 2.75) is 70.0 Å². The van der Waals surface area contributed by atoms with Crippen LogP contribution in [0.15, 0.2) is 18.2 Å². The fourth-order valence-corrected chi connectivity index (χ4v) is 5.60. The highest BCUT2D eigenvalue weighted by atomic mass is 16.5.